The fraction of sp³-hybridized carbons (Fsp3) is 0.214. The molecule has 0 saturated carbocycles. The Morgan fingerprint density at radius 2 is 1.89 bits per heavy atom. The number of epoxide rings is 1. The Kier molecular flexibility index (Phi) is 3.10. The van der Waals surface area contributed by atoms with E-state index in [1.807, 2.05) is 36.4 Å². The van der Waals surface area contributed by atoms with Gasteiger partial charge in [0.25, 0.3) is 0 Å². The van der Waals surface area contributed by atoms with Crippen molar-refractivity contribution in [3.05, 3.63) is 48.7 Å². The molecule has 4 nitrogen and oxygen atoms in total. The molecule has 0 spiro atoms. The van der Waals surface area contributed by atoms with Crippen LogP contribution in [-0.4, -0.2) is 24.3 Å². The number of nitrogens with zero attached hydrogens (tertiary/aromatic N) is 1. The zero-order chi connectivity index (χ0) is 12.2. The molecule has 1 fully saturated rings. The van der Waals surface area contributed by atoms with E-state index < -0.39 is 0 Å². The van der Waals surface area contributed by atoms with Gasteiger partial charge in [-0.15, -0.1) is 0 Å². The van der Waals surface area contributed by atoms with Crippen LogP contribution in [0, 0.1) is 0 Å². The third kappa shape index (κ3) is 2.78. The van der Waals surface area contributed by atoms with Gasteiger partial charge in [0.1, 0.15) is 12.7 Å². The van der Waals surface area contributed by atoms with Gasteiger partial charge in [-0.2, -0.15) is 0 Å². The molecule has 0 bridgehead atoms. The van der Waals surface area contributed by atoms with Crippen molar-refractivity contribution in [3.63, 3.8) is 0 Å². The van der Waals surface area contributed by atoms with Gasteiger partial charge < -0.3 is 14.2 Å². The van der Waals surface area contributed by atoms with Crippen molar-refractivity contribution in [2.75, 3.05) is 13.2 Å². The SMILES string of the molecule is c1ccc(Oc2ccccc2OCC2CO2)nc1. The van der Waals surface area contributed by atoms with Crippen molar-refractivity contribution in [2.45, 2.75) is 6.10 Å². The maximum atomic E-state index is 5.69. The van der Waals surface area contributed by atoms with Gasteiger partial charge in [-0.25, -0.2) is 4.98 Å². The molecule has 1 atom stereocenters. The molecule has 0 amide bonds. The summed E-state index contributed by atoms with van der Waals surface area (Å²) in [6.45, 7) is 1.34. The summed E-state index contributed by atoms with van der Waals surface area (Å²) in [6.07, 6.45) is 1.92. The molecule has 1 aliphatic heterocycles. The number of pyridine rings is 1. The summed E-state index contributed by atoms with van der Waals surface area (Å²) in [5.74, 6) is 1.92. The Labute approximate surface area is 105 Å². The Bertz CT molecular complexity index is 511. The van der Waals surface area contributed by atoms with Crippen LogP contribution in [0.15, 0.2) is 48.7 Å². The fourth-order valence-corrected chi connectivity index (χ4v) is 1.52. The summed E-state index contributed by atoms with van der Waals surface area (Å²) in [6, 6.07) is 13.1. The minimum Gasteiger partial charge on any atom is -0.487 e. The summed E-state index contributed by atoms with van der Waals surface area (Å²) in [5.41, 5.74) is 0. The van der Waals surface area contributed by atoms with Crippen molar-refractivity contribution >= 4 is 0 Å². The minimum absolute atomic E-state index is 0.230. The average Bonchev–Trinajstić information content (AvgIpc) is 3.23. The van der Waals surface area contributed by atoms with Crippen molar-refractivity contribution in [3.8, 4) is 17.4 Å². The molecule has 4 heteroatoms. The molecular formula is C14H13NO3. The highest BCUT2D eigenvalue weighted by molar-refractivity contribution is 5.41. The monoisotopic (exact) mass is 243 g/mol. The molecule has 1 saturated heterocycles. The smallest absolute Gasteiger partial charge is 0.219 e. The number of aromatic nitrogens is 1. The van der Waals surface area contributed by atoms with Crippen molar-refractivity contribution < 1.29 is 14.2 Å². The first-order valence-electron chi connectivity index (χ1n) is 5.84. The molecular weight excluding hydrogens is 230 g/mol. The molecule has 2 aromatic rings. The highest BCUT2D eigenvalue weighted by Gasteiger charge is 2.23. The van der Waals surface area contributed by atoms with Gasteiger partial charge in [0.2, 0.25) is 5.88 Å². The van der Waals surface area contributed by atoms with Gasteiger partial charge >= 0.3 is 0 Å². The first kappa shape index (κ1) is 11.0. The number of ether oxygens (including phenoxy) is 3. The van der Waals surface area contributed by atoms with Crippen LogP contribution in [0.5, 0.6) is 17.4 Å². The Hall–Kier alpha value is -2.07. The maximum absolute atomic E-state index is 5.69. The normalized spacial score (nSPS) is 17.2. The number of hydrogen-bond acceptors (Lipinski definition) is 4. The van der Waals surface area contributed by atoms with Gasteiger partial charge in [-0.3, -0.25) is 0 Å². The highest BCUT2D eigenvalue weighted by Crippen LogP contribution is 2.30. The van der Waals surface area contributed by atoms with Crippen LogP contribution in [0.1, 0.15) is 0 Å². The molecule has 0 N–H and O–H groups in total. The van der Waals surface area contributed by atoms with Crippen molar-refractivity contribution in [1.82, 2.24) is 4.98 Å². The van der Waals surface area contributed by atoms with Crippen LogP contribution in [0.3, 0.4) is 0 Å². The minimum atomic E-state index is 0.230. The Morgan fingerprint density at radius 1 is 1.11 bits per heavy atom. The lowest BCUT2D eigenvalue weighted by Crippen LogP contribution is -2.04. The van der Waals surface area contributed by atoms with E-state index in [0.29, 0.717) is 24.0 Å². The summed E-state index contributed by atoms with van der Waals surface area (Å²) in [5, 5.41) is 0. The molecule has 0 aliphatic carbocycles. The van der Waals surface area contributed by atoms with Crippen molar-refractivity contribution in [1.29, 1.82) is 0 Å². The predicted molar refractivity (Wildman–Crippen MR) is 66.0 cm³/mol. The predicted octanol–water partition coefficient (Wildman–Crippen LogP) is 2.65. The molecule has 1 aromatic carbocycles. The Balaban J connectivity index is 1.73. The molecule has 1 unspecified atom stereocenters. The summed E-state index contributed by atoms with van der Waals surface area (Å²) < 4.78 is 16.5. The number of benzene rings is 1. The summed E-state index contributed by atoms with van der Waals surface area (Å²) in [7, 11) is 0. The van der Waals surface area contributed by atoms with Crippen LogP contribution < -0.4 is 9.47 Å². The van der Waals surface area contributed by atoms with Gasteiger partial charge in [-0.1, -0.05) is 18.2 Å². The molecule has 18 heavy (non-hydrogen) atoms. The van der Waals surface area contributed by atoms with Crippen LogP contribution in [0.25, 0.3) is 0 Å². The number of hydrogen-bond donors (Lipinski definition) is 0. The largest absolute Gasteiger partial charge is 0.487 e. The summed E-state index contributed by atoms with van der Waals surface area (Å²) >= 11 is 0. The average molecular weight is 243 g/mol. The maximum Gasteiger partial charge on any atom is 0.219 e. The van der Waals surface area contributed by atoms with E-state index in [9.17, 15) is 0 Å². The highest BCUT2D eigenvalue weighted by atomic mass is 16.6. The molecule has 1 aromatic heterocycles. The third-order valence-electron chi connectivity index (χ3n) is 2.53. The van der Waals surface area contributed by atoms with E-state index in [2.05, 4.69) is 4.98 Å². The first-order valence-corrected chi connectivity index (χ1v) is 5.84. The quantitative estimate of drug-likeness (QED) is 0.757. The second-order valence-corrected chi connectivity index (χ2v) is 3.98. The zero-order valence-corrected chi connectivity index (χ0v) is 9.78. The van der Waals surface area contributed by atoms with Gasteiger partial charge in [0.15, 0.2) is 11.5 Å². The molecule has 1 aliphatic rings. The second kappa shape index (κ2) is 5.06. The topological polar surface area (TPSA) is 43.9 Å². The van der Waals surface area contributed by atoms with E-state index in [0.717, 1.165) is 6.61 Å². The van der Waals surface area contributed by atoms with Gasteiger partial charge in [0, 0.05) is 12.3 Å². The molecule has 92 valence electrons. The van der Waals surface area contributed by atoms with Crippen molar-refractivity contribution in [2.24, 2.45) is 0 Å². The van der Waals surface area contributed by atoms with E-state index in [1.54, 1.807) is 12.3 Å². The van der Waals surface area contributed by atoms with E-state index in [4.69, 9.17) is 14.2 Å². The lowest BCUT2D eigenvalue weighted by atomic mass is 10.3. The fourth-order valence-electron chi connectivity index (χ4n) is 1.52. The number of rotatable bonds is 5. The first-order chi connectivity index (χ1) is 8.92. The van der Waals surface area contributed by atoms with E-state index >= 15 is 0 Å². The van der Waals surface area contributed by atoms with Crippen LogP contribution >= 0.6 is 0 Å². The van der Waals surface area contributed by atoms with Gasteiger partial charge in [-0.05, 0) is 18.2 Å². The van der Waals surface area contributed by atoms with Crippen LogP contribution in [0.2, 0.25) is 0 Å². The third-order valence-corrected chi connectivity index (χ3v) is 2.53. The van der Waals surface area contributed by atoms with E-state index in [1.165, 1.54) is 0 Å². The Morgan fingerprint density at radius 3 is 2.61 bits per heavy atom. The molecule has 2 heterocycles. The summed E-state index contributed by atoms with van der Waals surface area (Å²) in [4.78, 5) is 4.12. The molecule has 3 rings (SSSR count). The lowest BCUT2D eigenvalue weighted by Gasteiger charge is -2.10. The lowest BCUT2D eigenvalue weighted by molar-refractivity contribution is 0.255. The molecule has 0 radical (unpaired) electrons. The standard InChI is InChI=1S/C14H13NO3/c1-2-6-13(18-14-7-3-4-8-15-14)12(5-1)17-10-11-9-16-11/h1-8,11H,9-10H2. The van der Waals surface area contributed by atoms with Crippen LogP contribution in [0.4, 0.5) is 0 Å². The second-order valence-electron chi connectivity index (χ2n) is 3.98. The zero-order valence-electron chi connectivity index (χ0n) is 9.78. The van der Waals surface area contributed by atoms with E-state index in [-0.39, 0.29) is 6.10 Å². The van der Waals surface area contributed by atoms with Crippen LogP contribution in [-0.2, 0) is 4.74 Å². The number of para-hydroxylation sites is 2. The van der Waals surface area contributed by atoms with Gasteiger partial charge in [0.05, 0.1) is 6.61 Å².